The summed E-state index contributed by atoms with van der Waals surface area (Å²) >= 11 is 0. The second-order valence-corrected chi connectivity index (χ2v) is 10.9. The Kier molecular flexibility index (Phi) is 7.95. The van der Waals surface area contributed by atoms with Gasteiger partial charge >= 0.3 is 0 Å². The number of nitrogens with one attached hydrogen (secondary N) is 2. The van der Waals surface area contributed by atoms with Crippen LogP contribution in [-0.4, -0.2) is 61.8 Å². The first-order valence-corrected chi connectivity index (χ1v) is 13.8. The minimum atomic E-state index is -3.77. The molecule has 2 aromatic carbocycles. The first-order chi connectivity index (χ1) is 16.9. The number of benzene rings is 2. The molecule has 0 spiro atoms. The Bertz CT molecular complexity index is 1130. The highest BCUT2D eigenvalue weighted by molar-refractivity contribution is 7.89. The highest BCUT2D eigenvalue weighted by Gasteiger charge is 2.38. The van der Waals surface area contributed by atoms with Crippen LogP contribution < -0.4 is 10.1 Å². The summed E-state index contributed by atoms with van der Waals surface area (Å²) in [5.74, 6) is 0.658. The Morgan fingerprint density at radius 1 is 1.03 bits per heavy atom. The van der Waals surface area contributed by atoms with E-state index in [4.69, 9.17) is 10.1 Å². The molecule has 1 aliphatic carbocycles. The van der Waals surface area contributed by atoms with Gasteiger partial charge in [-0.2, -0.15) is 0 Å². The molecule has 188 valence electrons. The van der Waals surface area contributed by atoms with E-state index in [0.717, 1.165) is 37.0 Å². The van der Waals surface area contributed by atoms with Gasteiger partial charge in [-0.25, -0.2) is 12.7 Å². The molecule has 0 atom stereocenters. The molecular weight excluding hydrogens is 464 g/mol. The van der Waals surface area contributed by atoms with Crippen molar-refractivity contribution in [3.8, 4) is 5.75 Å². The van der Waals surface area contributed by atoms with Crippen LogP contribution in [0.1, 0.15) is 54.9 Å². The van der Waals surface area contributed by atoms with Crippen LogP contribution in [0, 0.1) is 5.41 Å². The van der Waals surface area contributed by atoms with Crippen molar-refractivity contribution in [1.82, 2.24) is 14.5 Å². The second kappa shape index (κ2) is 11.1. The molecule has 1 heterocycles. The van der Waals surface area contributed by atoms with Crippen LogP contribution in [-0.2, 0) is 16.4 Å². The monoisotopic (exact) mass is 498 g/mol. The highest BCUT2D eigenvalue weighted by Crippen LogP contribution is 2.28. The number of carbonyl (C=O) groups excluding carboxylic acids is 1. The largest absolute Gasteiger partial charge is 0.494 e. The molecule has 0 bridgehead atoms. The minimum Gasteiger partial charge on any atom is -0.494 e. The zero-order valence-corrected chi connectivity index (χ0v) is 21.0. The number of hydrogen-bond donors (Lipinski definition) is 2. The zero-order chi connectivity index (χ0) is 24.8. The molecule has 9 heteroatoms. The first kappa shape index (κ1) is 25.0. The van der Waals surface area contributed by atoms with Crippen LogP contribution in [0.5, 0.6) is 5.75 Å². The lowest BCUT2D eigenvalue weighted by Crippen LogP contribution is -2.42. The van der Waals surface area contributed by atoms with E-state index in [-0.39, 0.29) is 22.8 Å². The molecular formula is C26H34N4O4S. The van der Waals surface area contributed by atoms with Gasteiger partial charge in [0.2, 0.25) is 5.96 Å². The maximum Gasteiger partial charge on any atom is 0.266 e. The Morgan fingerprint density at radius 2 is 1.71 bits per heavy atom. The molecule has 1 saturated heterocycles. The Hall–Kier alpha value is -3.07. The fourth-order valence-electron chi connectivity index (χ4n) is 4.78. The van der Waals surface area contributed by atoms with Crippen LogP contribution in [0.3, 0.4) is 0 Å². The molecule has 1 saturated carbocycles. The van der Waals surface area contributed by atoms with Crippen molar-refractivity contribution in [3.05, 3.63) is 59.7 Å². The summed E-state index contributed by atoms with van der Waals surface area (Å²) in [5, 5.41) is 11.4. The van der Waals surface area contributed by atoms with Gasteiger partial charge in [0.25, 0.3) is 15.9 Å². The van der Waals surface area contributed by atoms with E-state index in [1.807, 2.05) is 11.8 Å². The molecule has 0 unspecified atom stereocenters. The standard InChI is InChI=1S/C26H34N4O4S/c1-2-34-23-12-10-21(11-13-23)25(31)28-17-16-20-8-14-24(15-9-20)35(32,33)30-19-18-29(26(30)27)22-6-4-3-5-7-22/h8-15,22,27H,2-7,16-19H2,1H3,(H,28,31). The second-order valence-electron chi connectivity index (χ2n) is 8.99. The van der Waals surface area contributed by atoms with Crippen molar-refractivity contribution >= 4 is 21.9 Å². The van der Waals surface area contributed by atoms with E-state index < -0.39 is 10.0 Å². The maximum atomic E-state index is 13.2. The van der Waals surface area contributed by atoms with E-state index in [9.17, 15) is 13.2 Å². The summed E-state index contributed by atoms with van der Waals surface area (Å²) in [6.07, 6.45) is 6.14. The number of ether oxygens (including phenoxy) is 1. The molecule has 0 aromatic heterocycles. The summed E-state index contributed by atoms with van der Waals surface area (Å²) in [7, 11) is -3.77. The van der Waals surface area contributed by atoms with Gasteiger partial charge in [0.05, 0.1) is 18.0 Å². The van der Waals surface area contributed by atoms with Crippen molar-refractivity contribution < 1.29 is 17.9 Å². The minimum absolute atomic E-state index is 0.0954. The number of hydrogen-bond acceptors (Lipinski definition) is 5. The number of nitrogens with zero attached hydrogens (tertiary/aromatic N) is 2. The third-order valence-electron chi connectivity index (χ3n) is 6.71. The quantitative estimate of drug-likeness (QED) is 0.550. The van der Waals surface area contributed by atoms with E-state index in [2.05, 4.69) is 5.32 Å². The number of carbonyl (C=O) groups is 1. The summed E-state index contributed by atoms with van der Waals surface area (Å²) in [4.78, 5) is 14.5. The summed E-state index contributed by atoms with van der Waals surface area (Å²) in [5.41, 5.74) is 1.49. The molecule has 1 aliphatic heterocycles. The fourth-order valence-corrected chi connectivity index (χ4v) is 6.17. The third-order valence-corrected chi connectivity index (χ3v) is 8.51. The Balaban J connectivity index is 1.31. The van der Waals surface area contributed by atoms with Crippen molar-refractivity contribution in [2.75, 3.05) is 26.2 Å². The van der Waals surface area contributed by atoms with Crippen molar-refractivity contribution in [2.45, 2.75) is 56.4 Å². The van der Waals surface area contributed by atoms with Gasteiger partial charge in [0, 0.05) is 24.7 Å². The predicted octanol–water partition coefficient (Wildman–Crippen LogP) is 3.63. The van der Waals surface area contributed by atoms with E-state index >= 15 is 0 Å². The number of guanidine groups is 1. The molecule has 2 fully saturated rings. The van der Waals surface area contributed by atoms with Crippen LogP contribution in [0.4, 0.5) is 0 Å². The van der Waals surface area contributed by atoms with Gasteiger partial charge in [0.15, 0.2) is 0 Å². The van der Waals surface area contributed by atoms with Crippen LogP contribution in [0.25, 0.3) is 0 Å². The topological polar surface area (TPSA) is 103 Å². The molecule has 0 radical (unpaired) electrons. The molecule has 2 aromatic rings. The number of rotatable bonds is 9. The summed E-state index contributed by atoms with van der Waals surface area (Å²) < 4.78 is 33.0. The van der Waals surface area contributed by atoms with Gasteiger partial charge in [0.1, 0.15) is 5.75 Å². The molecule has 1 amide bonds. The SMILES string of the molecule is CCOc1ccc(C(=O)NCCc2ccc(S(=O)(=O)N3CCN(C4CCCCC4)C3=N)cc2)cc1. The van der Waals surface area contributed by atoms with Gasteiger partial charge < -0.3 is 15.0 Å². The van der Waals surface area contributed by atoms with Crippen LogP contribution in [0.15, 0.2) is 53.4 Å². The Morgan fingerprint density at radius 3 is 2.37 bits per heavy atom. The van der Waals surface area contributed by atoms with Gasteiger partial charge in [-0.1, -0.05) is 31.4 Å². The molecule has 35 heavy (non-hydrogen) atoms. The summed E-state index contributed by atoms with van der Waals surface area (Å²) in [6, 6.07) is 14.0. The molecule has 8 nitrogen and oxygen atoms in total. The number of amides is 1. The molecule has 4 rings (SSSR count). The molecule has 2 N–H and O–H groups in total. The lowest BCUT2D eigenvalue weighted by Gasteiger charge is -2.32. The Labute approximate surface area is 207 Å². The van der Waals surface area contributed by atoms with Crippen LogP contribution in [0.2, 0.25) is 0 Å². The number of sulfonamides is 1. The van der Waals surface area contributed by atoms with E-state index in [0.29, 0.717) is 38.2 Å². The molecule has 2 aliphatic rings. The average molecular weight is 499 g/mol. The van der Waals surface area contributed by atoms with Crippen molar-refractivity contribution in [3.63, 3.8) is 0 Å². The highest BCUT2D eigenvalue weighted by atomic mass is 32.2. The van der Waals surface area contributed by atoms with Gasteiger partial charge in [-0.3, -0.25) is 10.2 Å². The first-order valence-electron chi connectivity index (χ1n) is 12.4. The summed E-state index contributed by atoms with van der Waals surface area (Å²) in [6.45, 7) is 3.81. The smallest absolute Gasteiger partial charge is 0.266 e. The lowest BCUT2D eigenvalue weighted by atomic mass is 9.94. The van der Waals surface area contributed by atoms with Gasteiger partial charge in [-0.15, -0.1) is 0 Å². The van der Waals surface area contributed by atoms with Gasteiger partial charge in [-0.05, 0) is 68.1 Å². The maximum absolute atomic E-state index is 13.2. The van der Waals surface area contributed by atoms with Crippen molar-refractivity contribution in [1.29, 1.82) is 5.41 Å². The predicted molar refractivity (Wildman–Crippen MR) is 135 cm³/mol. The average Bonchev–Trinajstić information content (AvgIpc) is 3.27. The fraction of sp³-hybridized carbons (Fsp3) is 0.462. The van der Waals surface area contributed by atoms with E-state index in [1.54, 1.807) is 48.5 Å². The van der Waals surface area contributed by atoms with E-state index in [1.165, 1.54) is 10.7 Å². The zero-order valence-electron chi connectivity index (χ0n) is 20.2. The van der Waals surface area contributed by atoms with Crippen molar-refractivity contribution in [2.24, 2.45) is 0 Å². The normalized spacial score (nSPS) is 17.0. The van der Waals surface area contributed by atoms with Crippen LogP contribution >= 0.6 is 0 Å². The lowest BCUT2D eigenvalue weighted by molar-refractivity contribution is 0.0954. The third kappa shape index (κ3) is 5.78.